The maximum Gasteiger partial charge on any atom is 0.166 e. The van der Waals surface area contributed by atoms with Gasteiger partial charge in [-0.2, -0.15) is 0 Å². The Balaban J connectivity index is 2.33. The molecule has 0 N–H and O–H groups in total. The van der Waals surface area contributed by atoms with Crippen molar-refractivity contribution < 1.29 is 4.79 Å². The van der Waals surface area contributed by atoms with E-state index in [9.17, 15) is 4.79 Å². The van der Waals surface area contributed by atoms with E-state index in [2.05, 4.69) is 18.8 Å². The van der Waals surface area contributed by atoms with Gasteiger partial charge in [0.25, 0.3) is 0 Å². The Bertz CT molecular complexity index is 338. The fourth-order valence-electron chi connectivity index (χ4n) is 2.76. The lowest BCUT2D eigenvalue weighted by molar-refractivity contribution is -0.117. The van der Waals surface area contributed by atoms with Crippen molar-refractivity contribution in [1.29, 1.82) is 0 Å². The van der Waals surface area contributed by atoms with E-state index < -0.39 is 0 Å². The average molecular weight is 205 g/mol. The molecule has 2 rings (SSSR count). The molecule has 1 saturated carbocycles. The molecule has 0 spiro atoms. The normalized spacial score (nSPS) is 31.1. The van der Waals surface area contributed by atoms with Crippen molar-refractivity contribution in [2.75, 3.05) is 0 Å². The van der Waals surface area contributed by atoms with E-state index in [1.165, 1.54) is 18.6 Å². The van der Waals surface area contributed by atoms with Crippen LogP contribution in [0.25, 0.3) is 0 Å². The smallest absolute Gasteiger partial charge is 0.166 e. The highest BCUT2D eigenvalue weighted by molar-refractivity contribution is 6.13. The van der Waals surface area contributed by atoms with Crippen LogP contribution in [0.3, 0.4) is 0 Å². The van der Waals surface area contributed by atoms with Gasteiger partial charge in [-0.25, -0.2) is 0 Å². The number of carbonyl (C=O) groups excluding carboxylic acids is 1. The number of hydrogen-bond acceptors (Lipinski definition) is 2. The highest BCUT2D eigenvalue weighted by atomic mass is 16.1. The monoisotopic (exact) mass is 205 g/mol. The van der Waals surface area contributed by atoms with Crippen LogP contribution >= 0.6 is 0 Å². The van der Waals surface area contributed by atoms with E-state index >= 15 is 0 Å². The lowest BCUT2D eigenvalue weighted by Crippen LogP contribution is -2.37. The van der Waals surface area contributed by atoms with Crippen molar-refractivity contribution in [2.24, 2.45) is 22.7 Å². The van der Waals surface area contributed by atoms with Crippen molar-refractivity contribution in [1.82, 2.24) is 0 Å². The SMILES string of the molecule is CC1=CC(=O)C2CCCC(C(C)C)C2=N1. The Morgan fingerprint density at radius 2 is 2.13 bits per heavy atom. The number of nitrogens with zero attached hydrogens (tertiary/aromatic N) is 1. The molecule has 2 unspecified atom stereocenters. The minimum atomic E-state index is 0.106. The van der Waals surface area contributed by atoms with Gasteiger partial charge in [0.05, 0.1) is 5.92 Å². The third-order valence-corrected chi connectivity index (χ3v) is 3.55. The Morgan fingerprint density at radius 3 is 2.80 bits per heavy atom. The lowest BCUT2D eigenvalue weighted by Gasteiger charge is -2.34. The van der Waals surface area contributed by atoms with Gasteiger partial charge >= 0.3 is 0 Å². The van der Waals surface area contributed by atoms with Crippen LogP contribution in [0.1, 0.15) is 40.0 Å². The summed E-state index contributed by atoms with van der Waals surface area (Å²) in [6.07, 6.45) is 5.08. The summed E-state index contributed by atoms with van der Waals surface area (Å²) in [6, 6.07) is 0. The summed E-state index contributed by atoms with van der Waals surface area (Å²) in [7, 11) is 0. The van der Waals surface area contributed by atoms with Gasteiger partial charge in [0.2, 0.25) is 0 Å². The summed E-state index contributed by atoms with van der Waals surface area (Å²) >= 11 is 0. The van der Waals surface area contributed by atoms with Crippen molar-refractivity contribution >= 4 is 11.5 Å². The summed E-state index contributed by atoms with van der Waals surface area (Å²) < 4.78 is 0. The molecule has 0 aromatic heterocycles. The van der Waals surface area contributed by atoms with Crippen LogP contribution in [0.4, 0.5) is 0 Å². The molecule has 1 aliphatic carbocycles. The number of fused-ring (bicyclic) bond motifs is 1. The van der Waals surface area contributed by atoms with Gasteiger partial charge in [0.15, 0.2) is 5.78 Å². The topological polar surface area (TPSA) is 29.4 Å². The van der Waals surface area contributed by atoms with Gasteiger partial charge in [0, 0.05) is 23.4 Å². The first-order valence-corrected chi connectivity index (χ1v) is 5.90. The van der Waals surface area contributed by atoms with Crippen LogP contribution in [0.15, 0.2) is 16.8 Å². The highest BCUT2D eigenvalue weighted by Crippen LogP contribution is 2.34. The highest BCUT2D eigenvalue weighted by Gasteiger charge is 2.35. The van der Waals surface area contributed by atoms with E-state index in [4.69, 9.17) is 0 Å². The number of hydrogen-bond donors (Lipinski definition) is 0. The fourth-order valence-corrected chi connectivity index (χ4v) is 2.76. The van der Waals surface area contributed by atoms with Crippen molar-refractivity contribution in [3.63, 3.8) is 0 Å². The summed E-state index contributed by atoms with van der Waals surface area (Å²) in [4.78, 5) is 16.5. The number of rotatable bonds is 1. The molecule has 0 radical (unpaired) electrons. The van der Waals surface area contributed by atoms with Crippen LogP contribution in [-0.2, 0) is 4.79 Å². The molecule has 1 heterocycles. The molecule has 2 heteroatoms. The summed E-state index contributed by atoms with van der Waals surface area (Å²) in [6.45, 7) is 6.38. The third-order valence-electron chi connectivity index (χ3n) is 3.55. The molecule has 0 amide bonds. The van der Waals surface area contributed by atoms with E-state index in [-0.39, 0.29) is 11.7 Å². The van der Waals surface area contributed by atoms with Gasteiger partial charge in [-0.05, 0) is 25.7 Å². The molecule has 1 fully saturated rings. The van der Waals surface area contributed by atoms with E-state index in [1.807, 2.05) is 6.92 Å². The predicted octanol–water partition coefficient (Wildman–Crippen LogP) is 2.99. The molecule has 0 bridgehead atoms. The maximum atomic E-state index is 11.8. The van der Waals surface area contributed by atoms with Gasteiger partial charge in [-0.3, -0.25) is 9.79 Å². The second kappa shape index (κ2) is 3.92. The molecule has 0 aromatic carbocycles. The molecular weight excluding hydrogens is 186 g/mol. The molecule has 0 aromatic rings. The first-order valence-electron chi connectivity index (χ1n) is 5.90. The predicted molar refractivity (Wildman–Crippen MR) is 61.9 cm³/mol. The van der Waals surface area contributed by atoms with Crippen molar-refractivity contribution in [3.8, 4) is 0 Å². The van der Waals surface area contributed by atoms with Crippen LogP contribution in [0.5, 0.6) is 0 Å². The fraction of sp³-hybridized carbons (Fsp3) is 0.692. The zero-order chi connectivity index (χ0) is 11.0. The summed E-state index contributed by atoms with van der Waals surface area (Å²) in [5, 5.41) is 0. The average Bonchev–Trinajstić information content (AvgIpc) is 2.16. The lowest BCUT2D eigenvalue weighted by atomic mass is 9.72. The molecule has 2 nitrogen and oxygen atoms in total. The molecular formula is C13H19NO. The minimum Gasteiger partial charge on any atom is -0.294 e. The van der Waals surface area contributed by atoms with Crippen LogP contribution in [-0.4, -0.2) is 11.5 Å². The Kier molecular flexibility index (Phi) is 2.76. The molecule has 0 saturated heterocycles. The minimum absolute atomic E-state index is 0.106. The van der Waals surface area contributed by atoms with Crippen molar-refractivity contribution in [2.45, 2.75) is 40.0 Å². The van der Waals surface area contributed by atoms with E-state index in [0.717, 1.165) is 12.1 Å². The van der Waals surface area contributed by atoms with Crippen LogP contribution in [0, 0.1) is 17.8 Å². The van der Waals surface area contributed by atoms with E-state index in [1.54, 1.807) is 6.08 Å². The zero-order valence-corrected chi connectivity index (χ0v) is 9.79. The van der Waals surface area contributed by atoms with Crippen LogP contribution in [0.2, 0.25) is 0 Å². The summed E-state index contributed by atoms with van der Waals surface area (Å²) in [5.41, 5.74) is 2.06. The standard InChI is InChI=1S/C13H19NO/c1-8(2)10-5-4-6-11-12(15)7-9(3)14-13(10)11/h7-8,10-11H,4-6H2,1-3H3. The quantitative estimate of drug-likeness (QED) is 0.647. The number of allylic oxidation sites excluding steroid dienone is 2. The summed E-state index contributed by atoms with van der Waals surface area (Å²) in [5.74, 6) is 1.51. The largest absolute Gasteiger partial charge is 0.294 e. The van der Waals surface area contributed by atoms with E-state index in [0.29, 0.717) is 11.8 Å². The molecule has 15 heavy (non-hydrogen) atoms. The molecule has 2 atom stereocenters. The maximum absolute atomic E-state index is 11.8. The second-order valence-electron chi connectivity index (χ2n) is 5.06. The first kappa shape index (κ1) is 10.6. The van der Waals surface area contributed by atoms with Gasteiger partial charge < -0.3 is 0 Å². The number of ketones is 1. The van der Waals surface area contributed by atoms with Gasteiger partial charge in [-0.15, -0.1) is 0 Å². The molecule has 82 valence electrons. The van der Waals surface area contributed by atoms with Crippen LogP contribution < -0.4 is 0 Å². The molecule has 1 aliphatic heterocycles. The Hall–Kier alpha value is -0.920. The third kappa shape index (κ3) is 1.90. The van der Waals surface area contributed by atoms with Gasteiger partial charge in [0.1, 0.15) is 0 Å². The first-order chi connectivity index (χ1) is 7.09. The zero-order valence-electron chi connectivity index (χ0n) is 9.79. The Labute approximate surface area is 91.5 Å². The number of carbonyl (C=O) groups is 1. The van der Waals surface area contributed by atoms with Crippen molar-refractivity contribution in [3.05, 3.63) is 11.8 Å². The molecule has 2 aliphatic rings. The number of aliphatic imine (C=N–C) groups is 1. The van der Waals surface area contributed by atoms with Gasteiger partial charge in [-0.1, -0.05) is 20.3 Å². The second-order valence-corrected chi connectivity index (χ2v) is 5.06. The Morgan fingerprint density at radius 1 is 1.40 bits per heavy atom.